The highest BCUT2D eigenvalue weighted by Gasteiger charge is 2.50. The van der Waals surface area contributed by atoms with E-state index >= 15 is 4.39 Å². The molecule has 5 rings (SSSR count). The molecule has 9 nitrogen and oxygen atoms in total. The lowest BCUT2D eigenvalue weighted by Gasteiger charge is -2.21. The number of carbonyl (C=O) groups excluding carboxylic acids is 2. The smallest absolute Gasteiger partial charge is 0.338 e. The molecule has 3 heterocycles. The second-order valence-corrected chi connectivity index (χ2v) is 8.05. The summed E-state index contributed by atoms with van der Waals surface area (Å²) in [6.45, 7) is 0. The minimum absolute atomic E-state index is 0.0989. The first kappa shape index (κ1) is 22.9. The number of aromatic nitrogens is 4. The normalized spacial score (nSPS) is 21.7. The van der Waals surface area contributed by atoms with Gasteiger partial charge < -0.3 is 14.2 Å². The van der Waals surface area contributed by atoms with E-state index in [4.69, 9.17) is 25.8 Å². The Labute approximate surface area is 203 Å². The fourth-order valence-corrected chi connectivity index (χ4v) is 4.22. The van der Waals surface area contributed by atoms with Gasteiger partial charge in [-0.3, -0.25) is 4.57 Å². The molecule has 1 fully saturated rings. The molecule has 35 heavy (non-hydrogen) atoms. The van der Waals surface area contributed by atoms with Gasteiger partial charge in [0.2, 0.25) is 0 Å². The third-order valence-electron chi connectivity index (χ3n) is 5.68. The lowest BCUT2D eigenvalue weighted by molar-refractivity contribution is -0.0304. The number of imidazole rings is 1. The van der Waals surface area contributed by atoms with E-state index < -0.39 is 36.5 Å². The zero-order valence-corrected chi connectivity index (χ0v) is 19.0. The topological polar surface area (TPSA) is 105 Å². The van der Waals surface area contributed by atoms with E-state index in [1.54, 1.807) is 48.5 Å². The van der Waals surface area contributed by atoms with Crippen molar-refractivity contribution in [3.8, 4) is 0 Å². The van der Waals surface area contributed by atoms with Crippen LogP contribution in [0.25, 0.3) is 11.2 Å². The van der Waals surface area contributed by atoms with Crippen molar-refractivity contribution in [1.29, 1.82) is 0 Å². The summed E-state index contributed by atoms with van der Waals surface area (Å²) in [5, 5.41) is 0.0989. The molecule has 1 saturated heterocycles. The molecule has 0 saturated carbocycles. The second-order valence-electron chi connectivity index (χ2n) is 7.69. The number of hydrogen-bond acceptors (Lipinski definition) is 8. The number of halogens is 2. The number of methoxy groups -OCH3 is 1. The summed E-state index contributed by atoms with van der Waals surface area (Å²) in [5.41, 5.74) is 1.23. The predicted molar refractivity (Wildman–Crippen MR) is 122 cm³/mol. The van der Waals surface area contributed by atoms with E-state index in [1.165, 1.54) is 30.4 Å². The van der Waals surface area contributed by atoms with Crippen molar-refractivity contribution < 1.29 is 28.2 Å². The van der Waals surface area contributed by atoms with E-state index in [-0.39, 0.29) is 27.4 Å². The summed E-state index contributed by atoms with van der Waals surface area (Å²) in [7, 11) is 1.24. The van der Waals surface area contributed by atoms with Gasteiger partial charge in [0, 0.05) is 0 Å². The van der Waals surface area contributed by atoms with Crippen LogP contribution in [0.15, 0.2) is 67.3 Å². The minimum Gasteiger partial charge on any atom is -0.465 e. The monoisotopic (exact) mass is 496 g/mol. The first-order valence-corrected chi connectivity index (χ1v) is 10.9. The number of benzene rings is 2. The summed E-state index contributed by atoms with van der Waals surface area (Å²) in [5.74, 6) is -1.37. The van der Waals surface area contributed by atoms with Crippen LogP contribution in [0, 0.1) is 0 Å². The maximum absolute atomic E-state index is 16.0. The molecule has 0 N–H and O–H groups in total. The Kier molecular flexibility index (Phi) is 6.14. The summed E-state index contributed by atoms with van der Waals surface area (Å²) in [6.07, 6.45) is -3.10. The van der Waals surface area contributed by atoms with Crippen LogP contribution in [-0.2, 0) is 14.2 Å². The van der Waals surface area contributed by atoms with Gasteiger partial charge in [0.1, 0.15) is 17.9 Å². The molecule has 1 aliphatic heterocycles. The molecule has 1 aliphatic rings. The minimum atomic E-state index is -1.84. The van der Waals surface area contributed by atoms with Crippen molar-refractivity contribution >= 4 is 34.7 Å². The second kappa shape index (κ2) is 9.40. The zero-order valence-electron chi connectivity index (χ0n) is 18.2. The molecular weight excluding hydrogens is 479 g/mol. The lowest BCUT2D eigenvalue weighted by Crippen LogP contribution is -2.31. The SMILES string of the molecule is COC(=O)c1ccccc1[C@H]1O[C@@H](n2cnc3c(Cl)ncnc32)[C@@H](F)[C@@H]1OC(=O)c1ccccc1. The molecule has 2 aromatic heterocycles. The number of ether oxygens (including phenoxy) is 3. The van der Waals surface area contributed by atoms with Gasteiger partial charge in [-0.2, -0.15) is 0 Å². The Hall–Kier alpha value is -3.89. The molecule has 0 amide bonds. The van der Waals surface area contributed by atoms with Crippen molar-refractivity contribution in [3.63, 3.8) is 0 Å². The average molecular weight is 497 g/mol. The largest absolute Gasteiger partial charge is 0.465 e. The predicted octanol–water partition coefficient (Wildman–Crippen LogP) is 4.10. The van der Waals surface area contributed by atoms with Gasteiger partial charge >= 0.3 is 11.9 Å². The Bertz CT molecular complexity index is 1400. The number of hydrogen-bond donors (Lipinski definition) is 0. The van der Waals surface area contributed by atoms with Gasteiger partial charge in [-0.15, -0.1) is 0 Å². The van der Waals surface area contributed by atoms with E-state index in [0.29, 0.717) is 5.56 Å². The standard InChI is InChI=1S/C24H18ClFN4O5/c1-33-24(32)15-10-6-5-9-14(15)18-19(35-23(31)13-7-3-2-4-8-13)16(26)22(34-18)30-12-29-17-20(25)27-11-28-21(17)30/h2-12,16,18-19,22H,1H3/t16-,18+,19-,22+/m0/s1. The number of fused-ring (bicyclic) bond motifs is 1. The molecular formula is C24H18ClFN4O5. The number of esters is 2. The molecule has 0 bridgehead atoms. The van der Waals surface area contributed by atoms with Crippen LogP contribution in [0.2, 0.25) is 5.15 Å². The van der Waals surface area contributed by atoms with Crippen molar-refractivity contribution in [2.75, 3.05) is 7.11 Å². The van der Waals surface area contributed by atoms with Gasteiger partial charge in [-0.05, 0) is 23.8 Å². The number of nitrogens with zero attached hydrogens (tertiary/aromatic N) is 4. The lowest BCUT2D eigenvalue weighted by atomic mass is 9.97. The van der Waals surface area contributed by atoms with E-state index in [0.717, 1.165) is 0 Å². The first-order valence-electron chi connectivity index (χ1n) is 10.6. The first-order chi connectivity index (χ1) is 17.0. The highest BCUT2D eigenvalue weighted by Crippen LogP contribution is 2.44. The van der Waals surface area contributed by atoms with E-state index in [1.807, 2.05) is 0 Å². The number of alkyl halides is 1. The maximum Gasteiger partial charge on any atom is 0.338 e. The van der Waals surface area contributed by atoms with Crippen LogP contribution >= 0.6 is 11.6 Å². The van der Waals surface area contributed by atoms with Gasteiger partial charge in [0.25, 0.3) is 0 Å². The Morgan fingerprint density at radius 3 is 2.54 bits per heavy atom. The Morgan fingerprint density at radius 1 is 1.03 bits per heavy atom. The van der Waals surface area contributed by atoms with Gasteiger partial charge in [-0.1, -0.05) is 48.0 Å². The van der Waals surface area contributed by atoms with Crippen LogP contribution in [0.5, 0.6) is 0 Å². The third kappa shape index (κ3) is 4.11. The van der Waals surface area contributed by atoms with Crippen LogP contribution in [0.4, 0.5) is 4.39 Å². The highest BCUT2D eigenvalue weighted by atomic mass is 35.5. The van der Waals surface area contributed by atoms with Crippen LogP contribution < -0.4 is 0 Å². The van der Waals surface area contributed by atoms with Gasteiger partial charge in [0.15, 0.2) is 29.3 Å². The molecule has 0 unspecified atom stereocenters. The van der Waals surface area contributed by atoms with Crippen LogP contribution in [0.1, 0.15) is 38.6 Å². The molecule has 2 aromatic carbocycles. The zero-order chi connectivity index (χ0) is 24.5. The molecule has 0 radical (unpaired) electrons. The van der Waals surface area contributed by atoms with Crippen molar-refractivity contribution in [2.45, 2.75) is 24.6 Å². The third-order valence-corrected chi connectivity index (χ3v) is 5.96. The molecule has 4 aromatic rings. The number of carbonyl (C=O) groups is 2. The van der Waals surface area contributed by atoms with Crippen molar-refractivity contribution in [2.24, 2.45) is 0 Å². The van der Waals surface area contributed by atoms with Crippen molar-refractivity contribution in [3.05, 3.63) is 89.1 Å². The fraction of sp³-hybridized carbons (Fsp3) is 0.208. The number of rotatable bonds is 5. The van der Waals surface area contributed by atoms with Crippen LogP contribution in [-0.4, -0.2) is 50.8 Å². The fourth-order valence-electron chi connectivity index (χ4n) is 4.04. The van der Waals surface area contributed by atoms with Crippen LogP contribution in [0.3, 0.4) is 0 Å². The average Bonchev–Trinajstić information content (AvgIpc) is 3.46. The van der Waals surface area contributed by atoms with Gasteiger partial charge in [-0.25, -0.2) is 28.9 Å². The Morgan fingerprint density at radius 2 is 1.77 bits per heavy atom. The quantitative estimate of drug-likeness (QED) is 0.300. The summed E-state index contributed by atoms with van der Waals surface area (Å²) < 4.78 is 34.0. The van der Waals surface area contributed by atoms with E-state index in [2.05, 4.69) is 15.0 Å². The maximum atomic E-state index is 16.0. The van der Waals surface area contributed by atoms with Crippen molar-refractivity contribution in [1.82, 2.24) is 19.5 Å². The molecule has 0 spiro atoms. The molecule has 178 valence electrons. The van der Waals surface area contributed by atoms with E-state index in [9.17, 15) is 9.59 Å². The molecule has 11 heteroatoms. The summed E-state index contributed by atoms with van der Waals surface area (Å²) in [6, 6.07) is 14.6. The molecule has 0 aliphatic carbocycles. The summed E-state index contributed by atoms with van der Waals surface area (Å²) >= 11 is 6.09. The Balaban J connectivity index is 1.57. The van der Waals surface area contributed by atoms with Gasteiger partial charge in [0.05, 0.1) is 24.6 Å². The molecule has 4 atom stereocenters. The highest BCUT2D eigenvalue weighted by molar-refractivity contribution is 6.33. The summed E-state index contributed by atoms with van der Waals surface area (Å²) in [4.78, 5) is 37.5.